The van der Waals surface area contributed by atoms with Crippen LogP contribution in [-0.4, -0.2) is 5.11 Å². The summed E-state index contributed by atoms with van der Waals surface area (Å²) in [5.41, 5.74) is 0.147. The molecule has 2 aromatic rings. The highest BCUT2D eigenvalue weighted by atomic mass is 32.1. The first-order chi connectivity index (χ1) is 6.21. The number of hydrogen-bond acceptors (Lipinski definition) is 3. The number of rotatable bonds is 2. The van der Waals surface area contributed by atoms with Crippen molar-refractivity contribution < 1.29 is 5.11 Å². The third-order valence-electron chi connectivity index (χ3n) is 2.08. The molecule has 2 heterocycles. The van der Waals surface area contributed by atoms with Gasteiger partial charge in [-0.3, -0.25) is 0 Å². The van der Waals surface area contributed by atoms with Crippen molar-refractivity contribution in [3.63, 3.8) is 0 Å². The van der Waals surface area contributed by atoms with E-state index >= 15 is 0 Å². The molecular formula is C10H10OS2. The molecule has 0 fully saturated rings. The molecular weight excluding hydrogens is 200 g/mol. The van der Waals surface area contributed by atoms with E-state index in [2.05, 4.69) is 0 Å². The maximum atomic E-state index is 10.3. The van der Waals surface area contributed by atoms with E-state index in [0.29, 0.717) is 0 Å². The van der Waals surface area contributed by atoms with Crippen molar-refractivity contribution in [2.24, 2.45) is 0 Å². The summed E-state index contributed by atoms with van der Waals surface area (Å²) in [7, 11) is 0. The minimum atomic E-state index is -0.825. The second kappa shape index (κ2) is 3.25. The molecule has 1 nitrogen and oxygen atoms in total. The fourth-order valence-electron chi connectivity index (χ4n) is 1.24. The highest BCUT2D eigenvalue weighted by Crippen LogP contribution is 2.33. The Bertz CT molecular complexity index is 323. The second-order valence-corrected chi connectivity index (χ2v) is 4.79. The zero-order valence-electron chi connectivity index (χ0n) is 7.23. The van der Waals surface area contributed by atoms with Gasteiger partial charge in [0.05, 0.1) is 0 Å². The van der Waals surface area contributed by atoms with Crippen molar-refractivity contribution in [1.82, 2.24) is 0 Å². The van der Waals surface area contributed by atoms with Crippen LogP contribution < -0.4 is 0 Å². The molecule has 0 amide bonds. The van der Waals surface area contributed by atoms with Crippen molar-refractivity contribution in [3.05, 3.63) is 44.8 Å². The molecule has 68 valence electrons. The van der Waals surface area contributed by atoms with Crippen molar-refractivity contribution in [2.45, 2.75) is 12.5 Å². The molecule has 13 heavy (non-hydrogen) atoms. The van der Waals surface area contributed by atoms with Gasteiger partial charge in [0.1, 0.15) is 5.60 Å². The molecule has 2 rings (SSSR count). The third kappa shape index (κ3) is 1.55. The topological polar surface area (TPSA) is 20.2 Å². The van der Waals surface area contributed by atoms with E-state index in [9.17, 15) is 5.11 Å². The monoisotopic (exact) mass is 210 g/mol. The van der Waals surface area contributed by atoms with Gasteiger partial charge in [-0.1, -0.05) is 6.07 Å². The Labute approximate surface area is 85.3 Å². The smallest absolute Gasteiger partial charge is 0.122 e. The fraction of sp³-hybridized carbons (Fsp3) is 0.200. The van der Waals surface area contributed by atoms with Crippen LogP contribution in [-0.2, 0) is 5.60 Å². The van der Waals surface area contributed by atoms with Gasteiger partial charge in [0.2, 0.25) is 0 Å². The van der Waals surface area contributed by atoms with Crippen molar-refractivity contribution >= 4 is 22.7 Å². The Morgan fingerprint density at radius 2 is 2.15 bits per heavy atom. The van der Waals surface area contributed by atoms with Gasteiger partial charge in [0.15, 0.2) is 0 Å². The zero-order chi connectivity index (χ0) is 9.31. The molecule has 0 aliphatic heterocycles. The largest absolute Gasteiger partial charge is 0.380 e. The van der Waals surface area contributed by atoms with Crippen LogP contribution in [0.25, 0.3) is 0 Å². The minimum Gasteiger partial charge on any atom is -0.380 e. The molecule has 0 aromatic carbocycles. The standard InChI is InChI=1S/C10H10OS2/c1-10(11,8-4-6-12-7-8)9-3-2-5-13-9/h2-7,11H,1H3. The lowest BCUT2D eigenvalue weighted by Gasteiger charge is -2.20. The maximum absolute atomic E-state index is 10.3. The van der Waals surface area contributed by atoms with Gasteiger partial charge in [-0.25, -0.2) is 0 Å². The first-order valence-corrected chi connectivity index (χ1v) is 5.82. The van der Waals surface area contributed by atoms with Crippen molar-refractivity contribution in [1.29, 1.82) is 0 Å². The summed E-state index contributed by atoms with van der Waals surface area (Å²) in [5, 5.41) is 16.2. The molecule has 0 radical (unpaired) electrons. The van der Waals surface area contributed by atoms with Gasteiger partial charge in [-0.15, -0.1) is 11.3 Å². The fourth-order valence-corrected chi connectivity index (χ4v) is 2.81. The lowest BCUT2D eigenvalue weighted by Crippen LogP contribution is -2.20. The normalized spacial score (nSPS) is 15.5. The Balaban J connectivity index is 2.42. The highest BCUT2D eigenvalue weighted by molar-refractivity contribution is 7.10. The average molecular weight is 210 g/mol. The molecule has 3 heteroatoms. The molecule has 0 aliphatic carbocycles. The number of hydrogen-bond donors (Lipinski definition) is 1. The summed E-state index contributed by atoms with van der Waals surface area (Å²) in [6, 6.07) is 5.88. The average Bonchev–Trinajstić information content (AvgIpc) is 2.78. The molecule has 1 atom stereocenters. The molecule has 0 saturated heterocycles. The Morgan fingerprint density at radius 3 is 2.69 bits per heavy atom. The number of aliphatic hydroxyl groups is 1. The zero-order valence-corrected chi connectivity index (χ0v) is 8.86. The molecule has 1 unspecified atom stereocenters. The van der Waals surface area contributed by atoms with Crippen LogP contribution in [0.1, 0.15) is 17.4 Å². The minimum absolute atomic E-state index is 0.825. The van der Waals surface area contributed by atoms with Crippen LogP contribution >= 0.6 is 22.7 Å². The summed E-state index contributed by atoms with van der Waals surface area (Å²) in [6.07, 6.45) is 0. The summed E-state index contributed by atoms with van der Waals surface area (Å²) < 4.78 is 0. The van der Waals surface area contributed by atoms with Crippen LogP contribution in [0.4, 0.5) is 0 Å². The maximum Gasteiger partial charge on any atom is 0.122 e. The predicted octanol–water partition coefficient (Wildman–Crippen LogP) is 3.07. The van der Waals surface area contributed by atoms with Gasteiger partial charge >= 0.3 is 0 Å². The highest BCUT2D eigenvalue weighted by Gasteiger charge is 2.26. The van der Waals surface area contributed by atoms with Crippen LogP contribution in [0.2, 0.25) is 0 Å². The van der Waals surface area contributed by atoms with E-state index in [1.54, 1.807) is 22.7 Å². The Kier molecular flexibility index (Phi) is 2.24. The SMILES string of the molecule is CC(O)(c1ccsc1)c1cccs1. The van der Waals surface area contributed by atoms with Gasteiger partial charge in [-0.05, 0) is 40.8 Å². The van der Waals surface area contributed by atoms with Crippen LogP contribution in [0.15, 0.2) is 34.3 Å². The van der Waals surface area contributed by atoms with E-state index in [0.717, 1.165) is 10.4 Å². The lowest BCUT2D eigenvalue weighted by atomic mass is 9.97. The molecule has 0 aliphatic rings. The predicted molar refractivity (Wildman–Crippen MR) is 57.3 cm³/mol. The molecule has 0 spiro atoms. The van der Waals surface area contributed by atoms with Gasteiger partial charge in [0, 0.05) is 4.88 Å². The van der Waals surface area contributed by atoms with E-state index in [4.69, 9.17) is 0 Å². The Morgan fingerprint density at radius 1 is 1.31 bits per heavy atom. The van der Waals surface area contributed by atoms with Crippen molar-refractivity contribution in [3.8, 4) is 0 Å². The molecule has 0 bridgehead atoms. The summed E-state index contributed by atoms with van der Waals surface area (Å²) >= 11 is 3.19. The quantitative estimate of drug-likeness (QED) is 0.807. The third-order valence-corrected chi connectivity index (χ3v) is 3.85. The van der Waals surface area contributed by atoms with Gasteiger partial charge in [-0.2, -0.15) is 11.3 Å². The molecule has 0 saturated carbocycles. The van der Waals surface area contributed by atoms with E-state index in [1.165, 1.54) is 0 Å². The van der Waals surface area contributed by atoms with Gasteiger partial charge < -0.3 is 5.11 Å². The van der Waals surface area contributed by atoms with E-state index < -0.39 is 5.60 Å². The summed E-state index contributed by atoms with van der Waals surface area (Å²) in [6.45, 7) is 1.83. The van der Waals surface area contributed by atoms with Gasteiger partial charge in [0.25, 0.3) is 0 Å². The first kappa shape index (κ1) is 8.94. The van der Waals surface area contributed by atoms with Crippen LogP contribution in [0, 0.1) is 0 Å². The Hall–Kier alpha value is -0.640. The second-order valence-electron chi connectivity index (χ2n) is 3.06. The van der Waals surface area contributed by atoms with Crippen molar-refractivity contribution in [2.75, 3.05) is 0 Å². The lowest BCUT2D eigenvalue weighted by molar-refractivity contribution is 0.107. The van der Waals surface area contributed by atoms with E-state index in [1.807, 2.05) is 41.3 Å². The molecule has 1 N–H and O–H groups in total. The number of thiophene rings is 2. The summed E-state index contributed by atoms with van der Waals surface area (Å²) in [4.78, 5) is 0.992. The van der Waals surface area contributed by atoms with Crippen LogP contribution in [0.5, 0.6) is 0 Å². The molecule has 2 aromatic heterocycles. The van der Waals surface area contributed by atoms with E-state index in [-0.39, 0.29) is 0 Å². The first-order valence-electron chi connectivity index (χ1n) is 4.00. The van der Waals surface area contributed by atoms with Crippen LogP contribution in [0.3, 0.4) is 0 Å². The summed E-state index contributed by atoms with van der Waals surface area (Å²) in [5.74, 6) is 0.